The Morgan fingerprint density at radius 3 is 2.61 bits per heavy atom. The summed E-state index contributed by atoms with van der Waals surface area (Å²) in [4.78, 5) is 11.1. The first kappa shape index (κ1) is 16.0. The first-order valence-corrected chi connectivity index (χ1v) is 8.22. The van der Waals surface area contributed by atoms with Crippen LogP contribution in [0.4, 0.5) is 11.4 Å². The van der Waals surface area contributed by atoms with E-state index < -0.39 is 0 Å². The Balaban J connectivity index is 1.86. The van der Waals surface area contributed by atoms with Crippen molar-refractivity contribution in [1.82, 2.24) is 9.97 Å². The van der Waals surface area contributed by atoms with Gasteiger partial charge in [-0.1, -0.05) is 11.6 Å². The summed E-state index contributed by atoms with van der Waals surface area (Å²) in [5.41, 5.74) is 3.91. The zero-order valence-corrected chi connectivity index (χ0v) is 14.2. The van der Waals surface area contributed by atoms with Gasteiger partial charge in [0.05, 0.1) is 30.8 Å². The Morgan fingerprint density at radius 1 is 1.17 bits per heavy atom. The molecule has 1 aliphatic rings. The molecule has 5 nitrogen and oxygen atoms in total. The molecule has 0 bridgehead atoms. The van der Waals surface area contributed by atoms with Gasteiger partial charge in [-0.05, 0) is 32.0 Å². The summed E-state index contributed by atoms with van der Waals surface area (Å²) in [6, 6.07) is 6.27. The summed E-state index contributed by atoms with van der Waals surface area (Å²) in [6.07, 6.45) is 3.68. The lowest BCUT2D eigenvalue weighted by molar-refractivity contribution is 0.122. The second kappa shape index (κ2) is 7.15. The van der Waals surface area contributed by atoms with Crippen molar-refractivity contribution in [2.45, 2.75) is 19.9 Å². The highest BCUT2D eigenvalue weighted by Gasteiger charge is 2.13. The third-order valence-electron chi connectivity index (χ3n) is 3.71. The second-order valence-electron chi connectivity index (χ2n) is 5.85. The van der Waals surface area contributed by atoms with Gasteiger partial charge in [0.25, 0.3) is 0 Å². The van der Waals surface area contributed by atoms with E-state index in [1.54, 1.807) is 6.20 Å². The van der Waals surface area contributed by atoms with Gasteiger partial charge in [0.15, 0.2) is 0 Å². The van der Waals surface area contributed by atoms with Crippen molar-refractivity contribution in [2.75, 3.05) is 36.5 Å². The number of ether oxygens (including phenoxy) is 1. The van der Waals surface area contributed by atoms with Crippen LogP contribution in [-0.4, -0.2) is 42.3 Å². The van der Waals surface area contributed by atoms with Crippen LogP contribution in [0.25, 0.3) is 11.3 Å². The largest absolute Gasteiger partial charge is 0.382 e. The average molecular weight is 333 g/mol. The van der Waals surface area contributed by atoms with Crippen molar-refractivity contribution in [3.8, 4) is 11.3 Å². The van der Waals surface area contributed by atoms with Crippen LogP contribution in [0.2, 0.25) is 5.15 Å². The van der Waals surface area contributed by atoms with Crippen LogP contribution < -0.4 is 10.2 Å². The van der Waals surface area contributed by atoms with Gasteiger partial charge in [-0.2, -0.15) is 0 Å². The Morgan fingerprint density at radius 2 is 1.96 bits per heavy atom. The predicted molar refractivity (Wildman–Crippen MR) is 94.3 cm³/mol. The molecule has 6 heteroatoms. The number of nitrogens with zero attached hydrogens (tertiary/aromatic N) is 3. The molecule has 3 rings (SSSR count). The van der Waals surface area contributed by atoms with Crippen LogP contribution in [0, 0.1) is 0 Å². The first-order valence-electron chi connectivity index (χ1n) is 7.84. The Hall–Kier alpha value is -1.85. The summed E-state index contributed by atoms with van der Waals surface area (Å²) >= 11 is 6.02. The number of rotatable bonds is 4. The molecule has 1 fully saturated rings. The SMILES string of the molecule is CC(C)Nc1cc(Cl)ncc1-c1ccc(N2CCOCC2)cn1. The van der Waals surface area contributed by atoms with Crippen LogP contribution in [0.1, 0.15) is 13.8 Å². The van der Waals surface area contributed by atoms with E-state index in [0.717, 1.165) is 48.9 Å². The number of pyridine rings is 2. The number of nitrogens with one attached hydrogen (secondary N) is 1. The van der Waals surface area contributed by atoms with Gasteiger partial charge in [-0.15, -0.1) is 0 Å². The number of halogens is 1. The molecule has 2 aromatic rings. The molecule has 1 N–H and O–H groups in total. The smallest absolute Gasteiger partial charge is 0.131 e. The zero-order chi connectivity index (χ0) is 16.2. The molecular weight excluding hydrogens is 312 g/mol. The monoisotopic (exact) mass is 332 g/mol. The second-order valence-corrected chi connectivity index (χ2v) is 6.24. The first-order chi connectivity index (χ1) is 11.1. The number of anilines is 2. The minimum atomic E-state index is 0.305. The van der Waals surface area contributed by atoms with Gasteiger partial charge in [-0.3, -0.25) is 4.98 Å². The number of morpholine rings is 1. The molecule has 0 aliphatic carbocycles. The average Bonchev–Trinajstić information content (AvgIpc) is 2.56. The lowest BCUT2D eigenvalue weighted by Gasteiger charge is -2.28. The zero-order valence-electron chi connectivity index (χ0n) is 13.4. The van der Waals surface area contributed by atoms with Crippen molar-refractivity contribution in [3.05, 3.63) is 35.7 Å². The number of hydrogen-bond donors (Lipinski definition) is 1. The third-order valence-corrected chi connectivity index (χ3v) is 3.92. The molecule has 2 aromatic heterocycles. The van der Waals surface area contributed by atoms with Crippen molar-refractivity contribution in [3.63, 3.8) is 0 Å². The molecule has 23 heavy (non-hydrogen) atoms. The molecule has 0 saturated carbocycles. The van der Waals surface area contributed by atoms with Crippen LogP contribution in [0.5, 0.6) is 0 Å². The standard InChI is InChI=1S/C17H21ClN4O/c1-12(2)21-16-9-17(18)20-11-14(16)15-4-3-13(10-19-15)22-5-7-23-8-6-22/h3-4,9-12H,5-8H2,1-2H3,(H,20,21). The van der Waals surface area contributed by atoms with E-state index in [1.807, 2.05) is 18.3 Å². The molecule has 0 spiro atoms. The van der Waals surface area contributed by atoms with Gasteiger partial charge >= 0.3 is 0 Å². The maximum Gasteiger partial charge on any atom is 0.131 e. The predicted octanol–water partition coefficient (Wildman–Crippen LogP) is 3.45. The molecule has 0 atom stereocenters. The minimum absolute atomic E-state index is 0.305. The van der Waals surface area contributed by atoms with Gasteiger partial charge in [0, 0.05) is 36.6 Å². The Bertz CT molecular complexity index is 654. The fourth-order valence-corrected chi connectivity index (χ4v) is 2.78. The van der Waals surface area contributed by atoms with Crippen LogP contribution in [0.15, 0.2) is 30.6 Å². The quantitative estimate of drug-likeness (QED) is 0.869. The molecular formula is C17H21ClN4O. The Kier molecular flexibility index (Phi) is 4.98. The van der Waals surface area contributed by atoms with Gasteiger partial charge in [0.1, 0.15) is 5.15 Å². The van der Waals surface area contributed by atoms with E-state index >= 15 is 0 Å². The molecule has 3 heterocycles. The molecule has 0 unspecified atom stereocenters. The minimum Gasteiger partial charge on any atom is -0.382 e. The van der Waals surface area contributed by atoms with Crippen molar-refractivity contribution in [2.24, 2.45) is 0 Å². The maximum atomic E-state index is 6.02. The number of aromatic nitrogens is 2. The summed E-state index contributed by atoms with van der Waals surface area (Å²) in [5, 5.41) is 3.87. The number of hydrogen-bond acceptors (Lipinski definition) is 5. The summed E-state index contributed by atoms with van der Waals surface area (Å²) in [6.45, 7) is 7.53. The van der Waals surface area contributed by atoms with E-state index in [2.05, 4.69) is 40.1 Å². The van der Waals surface area contributed by atoms with Crippen LogP contribution >= 0.6 is 11.6 Å². The van der Waals surface area contributed by atoms with E-state index in [0.29, 0.717) is 11.2 Å². The molecule has 0 radical (unpaired) electrons. The molecule has 1 saturated heterocycles. The fraction of sp³-hybridized carbons (Fsp3) is 0.412. The fourth-order valence-electron chi connectivity index (χ4n) is 2.62. The van der Waals surface area contributed by atoms with Crippen molar-refractivity contribution < 1.29 is 4.74 Å². The summed E-state index contributed by atoms with van der Waals surface area (Å²) in [7, 11) is 0. The topological polar surface area (TPSA) is 50.3 Å². The summed E-state index contributed by atoms with van der Waals surface area (Å²) in [5.74, 6) is 0. The van der Waals surface area contributed by atoms with E-state index in [9.17, 15) is 0 Å². The molecule has 1 aliphatic heterocycles. The van der Waals surface area contributed by atoms with E-state index in [1.165, 1.54) is 0 Å². The van der Waals surface area contributed by atoms with Crippen LogP contribution in [0.3, 0.4) is 0 Å². The van der Waals surface area contributed by atoms with Gasteiger partial charge < -0.3 is 15.0 Å². The van der Waals surface area contributed by atoms with Crippen molar-refractivity contribution in [1.29, 1.82) is 0 Å². The van der Waals surface area contributed by atoms with E-state index in [-0.39, 0.29) is 0 Å². The maximum absolute atomic E-state index is 6.02. The highest BCUT2D eigenvalue weighted by molar-refractivity contribution is 6.29. The highest BCUT2D eigenvalue weighted by Crippen LogP contribution is 2.29. The highest BCUT2D eigenvalue weighted by atomic mass is 35.5. The van der Waals surface area contributed by atoms with E-state index in [4.69, 9.17) is 16.3 Å². The lowest BCUT2D eigenvalue weighted by atomic mass is 10.1. The normalized spacial score (nSPS) is 15.0. The summed E-state index contributed by atoms with van der Waals surface area (Å²) < 4.78 is 5.39. The lowest BCUT2D eigenvalue weighted by Crippen LogP contribution is -2.36. The third kappa shape index (κ3) is 3.92. The molecule has 0 aromatic carbocycles. The van der Waals surface area contributed by atoms with Gasteiger partial charge in [0.2, 0.25) is 0 Å². The van der Waals surface area contributed by atoms with Gasteiger partial charge in [-0.25, -0.2) is 4.98 Å². The molecule has 122 valence electrons. The Labute approximate surface area is 141 Å². The molecule has 0 amide bonds. The van der Waals surface area contributed by atoms with Crippen LogP contribution in [-0.2, 0) is 4.74 Å². The van der Waals surface area contributed by atoms with Crippen molar-refractivity contribution >= 4 is 23.0 Å².